The van der Waals surface area contributed by atoms with Crippen molar-refractivity contribution >= 4 is 10.0 Å². The van der Waals surface area contributed by atoms with E-state index in [-0.39, 0.29) is 4.90 Å². The zero-order valence-electron chi connectivity index (χ0n) is 12.6. The summed E-state index contributed by atoms with van der Waals surface area (Å²) in [5.41, 5.74) is 0. The SMILES string of the molecule is COc1ccc(S(=O)(=O)NCCN[C@H]2CCC[C@@H]2C)cc1. The molecule has 0 bridgehead atoms. The van der Waals surface area contributed by atoms with E-state index in [1.165, 1.54) is 19.3 Å². The zero-order valence-corrected chi connectivity index (χ0v) is 13.4. The van der Waals surface area contributed by atoms with Gasteiger partial charge in [-0.25, -0.2) is 13.1 Å². The summed E-state index contributed by atoms with van der Waals surface area (Å²) in [4.78, 5) is 0.262. The molecule has 0 aromatic heterocycles. The first kappa shape index (κ1) is 16.3. The molecule has 21 heavy (non-hydrogen) atoms. The van der Waals surface area contributed by atoms with Gasteiger partial charge in [-0.1, -0.05) is 13.3 Å². The normalized spacial score (nSPS) is 22.4. The van der Waals surface area contributed by atoms with E-state index in [2.05, 4.69) is 17.0 Å². The number of hydrogen-bond donors (Lipinski definition) is 2. The van der Waals surface area contributed by atoms with Gasteiger partial charge in [-0.05, 0) is 43.0 Å². The maximum atomic E-state index is 12.1. The summed E-state index contributed by atoms with van der Waals surface area (Å²) in [6, 6.07) is 6.91. The Bertz CT molecular complexity index is 543. The fraction of sp³-hybridized carbons (Fsp3) is 0.600. The molecule has 0 aliphatic heterocycles. The van der Waals surface area contributed by atoms with Crippen molar-refractivity contribution in [2.24, 2.45) is 5.92 Å². The van der Waals surface area contributed by atoms with Crippen LogP contribution in [0, 0.1) is 5.92 Å². The van der Waals surface area contributed by atoms with Crippen LogP contribution < -0.4 is 14.8 Å². The van der Waals surface area contributed by atoms with Gasteiger partial charge in [0.1, 0.15) is 5.75 Å². The molecule has 2 N–H and O–H groups in total. The van der Waals surface area contributed by atoms with Crippen LogP contribution in [0.25, 0.3) is 0 Å². The van der Waals surface area contributed by atoms with Crippen LogP contribution in [-0.4, -0.2) is 34.7 Å². The molecule has 118 valence electrons. The van der Waals surface area contributed by atoms with E-state index in [0.717, 1.165) is 0 Å². The highest BCUT2D eigenvalue weighted by Crippen LogP contribution is 2.24. The predicted molar refractivity (Wildman–Crippen MR) is 83.0 cm³/mol. The smallest absolute Gasteiger partial charge is 0.240 e. The molecule has 6 heteroatoms. The van der Waals surface area contributed by atoms with Crippen molar-refractivity contribution in [1.82, 2.24) is 10.0 Å². The van der Waals surface area contributed by atoms with Crippen LogP contribution in [0.4, 0.5) is 0 Å². The van der Waals surface area contributed by atoms with Gasteiger partial charge in [0.25, 0.3) is 0 Å². The summed E-state index contributed by atoms with van der Waals surface area (Å²) < 4.78 is 31.9. The molecule has 1 saturated carbocycles. The van der Waals surface area contributed by atoms with E-state index < -0.39 is 10.0 Å². The second kappa shape index (κ2) is 7.24. The Morgan fingerprint density at radius 3 is 2.48 bits per heavy atom. The average molecular weight is 312 g/mol. The van der Waals surface area contributed by atoms with E-state index in [4.69, 9.17) is 4.74 Å². The summed E-state index contributed by atoms with van der Waals surface area (Å²) in [7, 11) is -1.89. The maximum Gasteiger partial charge on any atom is 0.240 e. The molecule has 5 nitrogen and oxygen atoms in total. The standard InChI is InChI=1S/C15H24N2O3S/c1-12-4-3-5-15(12)16-10-11-17-21(18,19)14-8-6-13(20-2)7-9-14/h6-9,12,15-17H,3-5,10-11H2,1-2H3/t12-,15-/m0/s1. The van der Waals surface area contributed by atoms with Crippen LogP contribution in [0.3, 0.4) is 0 Å². The number of methoxy groups -OCH3 is 1. The van der Waals surface area contributed by atoms with Gasteiger partial charge in [0.2, 0.25) is 10.0 Å². The van der Waals surface area contributed by atoms with Crippen LogP contribution >= 0.6 is 0 Å². The van der Waals surface area contributed by atoms with Crippen LogP contribution in [0.5, 0.6) is 5.75 Å². The lowest BCUT2D eigenvalue weighted by Crippen LogP contribution is -2.38. The molecule has 0 saturated heterocycles. The molecule has 0 amide bonds. The number of hydrogen-bond acceptors (Lipinski definition) is 4. The van der Waals surface area contributed by atoms with Crippen LogP contribution in [0.2, 0.25) is 0 Å². The largest absolute Gasteiger partial charge is 0.497 e. The Hall–Kier alpha value is -1.11. The summed E-state index contributed by atoms with van der Waals surface area (Å²) >= 11 is 0. The third-order valence-electron chi connectivity index (χ3n) is 4.05. The van der Waals surface area contributed by atoms with Crippen molar-refractivity contribution in [3.63, 3.8) is 0 Å². The van der Waals surface area contributed by atoms with Gasteiger partial charge in [-0.3, -0.25) is 0 Å². The van der Waals surface area contributed by atoms with Crippen LogP contribution in [0.1, 0.15) is 26.2 Å². The average Bonchev–Trinajstić information content (AvgIpc) is 2.89. The molecule has 2 atom stereocenters. The Labute approximate surface area is 127 Å². The number of nitrogens with one attached hydrogen (secondary N) is 2. The van der Waals surface area contributed by atoms with Gasteiger partial charge < -0.3 is 10.1 Å². The number of benzene rings is 1. The minimum atomic E-state index is -3.44. The van der Waals surface area contributed by atoms with Gasteiger partial charge in [0.05, 0.1) is 12.0 Å². The quantitative estimate of drug-likeness (QED) is 0.753. The Kier molecular flexibility index (Phi) is 5.61. The minimum Gasteiger partial charge on any atom is -0.497 e. The molecule has 0 unspecified atom stereocenters. The number of rotatable bonds is 7. The lowest BCUT2D eigenvalue weighted by atomic mass is 10.1. The zero-order chi connectivity index (χ0) is 15.3. The van der Waals surface area contributed by atoms with Crippen molar-refractivity contribution in [3.8, 4) is 5.75 Å². The molecule has 0 heterocycles. The first-order valence-electron chi connectivity index (χ1n) is 7.40. The van der Waals surface area contributed by atoms with Crippen molar-refractivity contribution < 1.29 is 13.2 Å². The predicted octanol–water partition coefficient (Wildman–Crippen LogP) is 1.75. The lowest BCUT2D eigenvalue weighted by Gasteiger charge is -2.17. The lowest BCUT2D eigenvalue weighted by molar-refractivity contribution is 0.414. The molecule has 0 spiro atoms. The van der Waals surface area contributed by atoms with Gasteiger partial charge >= 0.3 is 0 Å². The topological polar surface area (TPSA) is 67.4 Å². The highest BCUT2D eigenvalue weighted by atomic mass is 32.2. The summed E-state index contributed by atoms with van der Waals surface area (Å²) in [5.74, 6) is 1.33. The maximum absolute atomic E-state index is 12.1. The van der Waals surface area contributed by atoms with Gasteiger partial charge in [0.15, 0.2) is 0 Å². The Balaban J connectivity index is 1.80. The molecule has 0 radical (unpaired) electrons. The molecular formula is C15H24N2O3S. The Morgan fingerprint density at radius 1 is 1.19 bits per heavy atom. The van der Waals surface area contributed by atoms with Crippen molar-refractivity contribution in [3.05, 3.63) is 24.3 Å². The Morgan fingerprint density at radius 2 is 1.90 bits per heavy atom. The van der Waals surface area contributed by atoms with Gasteiger partial charge in [-0.2, -0.15) is 0 Å². The molecule has 1 fully saturated rings. The second-order valence-corrected chi connectivity index (χ2v) is 7.31. The van der Waals surface area contributed by atoms with Gasteiger partial charge in [0, 0.05) is 19.1 Å². The summed E-state index contributed by atoms with van der Waals surface area (Å²) in [6.07, 6.45) is 3.71. The van der Waals surface area contributed by atoms with E-state index in [1.807, 2.05) is 0 Å². The van der Waals surface area contributed by atoms with Crippen LogP contribution in [-0.2, 0) is 10.0 Å². The van der Waals surface area contributed by atoms with E-state index in [1.54, 1.807) is 31.4 Å². The molecular weight excluding hydrogens is 288 g/mol. The monoisotopic (exact) mass is 312 g/mol. The van der Waals surface area contributed by atoms with Gasteiger partial charge in [-0.15, -0.1) is 0 Å². The summed E-state index contributed by atoms with van der Waals surface area (Å²) in [5, 5.41) is 3.43. The van der Waals surface area contributed by atoms with Crippen molar-refractivity contribution in [1.29, 1.82) is 0 Å². The number of ether oxygens (including phenoxy) is 1. The highest BCUT2D eigenvalue weighted by Gasteiger charge is 2.22. The first-order chi connectivity index (χ1) is 10.0. The van der Waals surface area contributed by atoms with E-state index >= 15 is 0 Å². The molecule has 1 aromatic rings. The number of sulfonamides is 1. The van der Waals surface area contributed by atoms with Crippen LogP contribution in [0.15, 0.2) is 29.2 Å². The minimum absolute atomic E-state index is 0.262. The van der Waals surface area contributed by atoms with E-state index in [0.29, 0.717) is 30.8 Å². The third-order valence-corrected chi connectivity index (χ3v) is 5.53. The summed E-state index contributed by atoms with van der Waals surface area (Å²) in [6.45, 7) is 3.30. The molecule has 1 aliphatic carbocycles. The second-order valence-electron chi connectivity index (χ2n) is 5.54. The van der Waals surface area contributed by atoms with Crippen molar-refractivity contribution in [2.75, 3.05) is 20.2 Å². The van der Waals surface area contributed by atoms with E-state index in [9.17, 15) is 8.42 Å². The third kappa shape index (κ3) is 4.43. The molecule has 2 rings (SSSR count). The molecule has 1 aliphatic rings. The fourth-order valence-corrected chi connectivity index (χ4v) is 3.76. The fourth-order valence-electron chi connectivity index (χ4n) is 2.73. The van der Waals surface area contributed by atoms with Crippen molar-refractivity contribution in [2.45, 2.75) is 37.1 Å². The highest BCUT2D eigenvalue weighted by molar-refractivity contribution is 7.89. The first-order valence-corrected chi connectivity index (χ1v) is 8.88. The molecule has 1 aromatic carbocycles.